The molecule has 0 N–H and O–H groups in total. The fourth-order valence-electron chi connectivity index (χ4n) is 5.47. The van der Waals surface area contributed by atoms with Crippen molar-refractivity contribution in [3.8, 4) is 0 Å². The monoisotopic (exact) mass is 472 g/mol. The van der Waals surface area contributed by atoms with Crippen molar-refractivity contribution in [2.75, 3.05) is 0 Å². The molecule has 2 atom stereocenters. The molecule has 0 aromatic heterocycles. The Morgan fingerprint density at radius 1 is 0.862 bits per heavy atom. The molecule has 2 aromatic carbocycles. The zero-order valence-corrected chi connectivity index (χ0v) is 21.5. The van der Waals surface area contributed by atoms with Crippen molar-refractivity contribution in [3.05, 3.63) is 97.4 Å². The molecule has 1 fully saturated rings. The van der Waals surface area contributed by atoms with Gasteiger partial charge in [-0.05, 0) is 0 Å². The second-order valence-corrected chi connectivity index (χ2v) is 24.4. The summed E-state index contributed by atoms with van der Waals surface area (Å²) in [4.78, 5) is 0. The van der Waals surface area contributed by atoms with E-state index in [1.54, 1.807) is 34.4 Å². The predicted molar refractivity (Wildman–Crippen MR) is 123 cm³/mol. The molecule has 0 bridgehead atoms. The van der Waals surface area contributed by atoms with Crippen LogP contribution in [0.4, 0.5) is 0 Å². The Morgan fingerprint density at radius 3 is 2.17 bits per heavy atom. The summed E-state index contributed by atoms with van der Waals surface area (Å²) in [5.41, 5.74) is 10.8. The van der Waals surface area contributed by atoms with E-state index in [1.807, 2.05) is 3.28 Å². The molecule has 2 aliphatic carbocycles. The molecular weight excluding hydrogens is 444 g/mol. The molecule has 1 heterocycles. The van der Waals surface area contributed by atoms with Gasteiger partial charge in [-0.3, -0.25) is 0 Å². The van der Waals surface area contributed by atoms with E-state index >= 15 is 0 Å². The molecule has 146 valence electrons. The summed E-state index contributed by atoms with van der Waals surface area (Å²) in [6, 6.07) is 23.6. The molecule has 29 heavy (non-hydrogen) atoms. The molecular formula is C27H30SiZr. The van der Waals surface area contributed by atoms with Crippen LogP contribution in [0, 0.1) is 5.92 Å². The van der Waals surface area contributed by atoms with E-state index in [-0.39, 0.29) is 5.43 Å². The van der Waals surface area contributed by atoms with Crippen LogP contribution >= 0.6 is 0 Å². The van der Waals surface area contributed by atoms with Gasteiger partial charge in [0.05, 0.1) is 0 Å². The molecule has 1 aliphatic heterocycles. The zero-order valence-electron chi connectivity index (χ0n) is 18.0. The molecule has 0 saturated carbocycles. The second-order valence-electron chi connectivity index (χ2n) is 8.95. The van der Waals surface area contributed by atoms with Crippen LogP contribution in [0.3, 0.4) is 0 Å². The third kappa shape index (κ3) is 3.19. The fraction of sp³-hybridized carbons (Fsp3) is 0.333. The van der Waals surface area contributed by atoms with Gasteiger partial charge in [0, 0.05) is 0 Å². The fourth-order valence-corrected chi connectivity index (χ4v) is 30.1. The van der Waals surface area contributed by atoms with Crippen LogP contribution in [0.1, 0.15) is 54.4 Å². The Balaban J connectivity index is 1.70. The van der Waals surface area contributed by atoms with E-state index in [4.69, 9.17) is 0 Å². The van der Waals surface area contributed by atoms with Crippen LogP contribution in [0.25, 0.3) is 5.57 Å². The first-order valence-electron chi connectivity index (χ1n) is 11.0. The van der Waals surface area contributed by atoms with Gasteiger partial charge in [0.15, 0.2) is 0 Å². The number of allylic oxidation sites excluding steroid dienone is 5. The number of hydrogen-bond donors (Lipinski definition) is 0. The van der Waals surface area contributed by atoms with Crippen molar-refractivity contribution in [1.29, 1.82) is 0 Å². The van der Waals surface area contributed by atoms with Crippen molar-refractivity contribution >= 4 is 11.0 Å². The van der Waals surface area contributed by atoms with Gasteiger partial charge < -0.3 is 0 Å². The first-order chi connectivity index (χ1) is 14.1. The number of hydrogen-bond acceptors (Lipinski definition) is 0. The van der Waals surface area contributed by atoms with E-state index in [0.29, 0.717) is 5.92 Å². The van der Waals surface area contributed by atoms with Gasteiger partial charge in [0.2, 0.25) is 0 Å². The van der Waals surface area contributed by atoms with Crippen molar-refractivity contribution in [2.45, 2.75) is 49.8 Å². The molecule has 0 nitrogen and oxygen atoms in total. The SMILES string of the molecule is CC1=C(C)C(C)[C]([Zr]([CH]2C=C(c3ccccc3)c3ccccc32)=[Si]2CCC2)=C1C. The molecule has 2 heteroatoms. The van der Waals surface area contributed by atoms with Crippen LogP contribution in [0.5, 0.6) is 0 Å². The first-order valence-corrected chi connectivity index (χ1v) is 19.3. The minimum absolute atomic E-state index is 0.143. The van der Waals surface area contributed by atoms with Crippen LogP contribution in [0.2, 0.25) is 12.1 Å². The standard InChI is InChI=1S/C15H11.C9H13.C3H6Si.Zr/c1-2-6-12(7-3-1)15-11-10-13-8-4-5-9-14(13)15;1-6-5-7(2)9(4)8(6)3;1-2-4-3-1;/h1-11H;6H,1-4H3;1-3H2;. The zero-order chi connectivity index (χ0) is 20.1. The van der Waals surface area contributed by atoms with E-state index in [2.05, 4.69) is 88.4 Å². The Bertz CT molecular complexity index is 1110. The predicted octanol–water partition coefficient (Wildman–Crippen LogP) is 7.45. The Kier molecular flexibility index (Phi) is 5.29. The molecule has 0 spiro atoms. The van der Waals surface area contributed by atoms with E-state index in [9.17, 15) is 0 Å². The van der Waals surface area contributed by atoms with E-state index < -0.39 is 20.4 Å². The topological polar surface area (TPSA) is 0 Å². The van der Waals surface area contributed by atoms with Gasteiger partial charge in [-0.2, -0.15) is 0 Å². The van der Waals surface area contributed by atoms with Gasteiger partial charge >= 0.3 is 184 Å². The second kappa shape index (κ2) is 7.78. The molecule has 0 amide bonds. The number of benzene rings is 2. The summed E-state index contributed by atoms with van der Waals surface area (Å²) >= 11 is -1.83. The maximum atomic E-state index is 2.72. The maximum absolute atomic E-state index is 2.72. The summed E-state index contributed by atoms with van der Waals surface area (Å²) in [5, 5.41) is 0. The molecule has 5 rings (SSSR count). The molecule has 2 unspecified atom stereocenters. The molecule has 0 radical (unpaired) electrons. The normalized spacial score (nSPS) is 23.3. The quantitative estimate of drug-likeness (QED) is 0.406. The molecule has 2 aromatic rings. The van der Waals surface area contributed by atoms with Crippen LogP contribution in [0.15, 0.2) is 80.7 Å². The van der Waals surface area contributed by atoms with Crippen molar-refractivity contribution in [2.24, 2.45) is 5.92 Å². The summed E-state index contributed by atoms with van der Waals surface area (Å²) in [6.07, 6.45) is 4.22. The molecule has 1 saturated heterocycles. The van der Waals surface area contributed by atoms with Crippen LogP contribution in [-0.4, -0.2) is 5.43 Å². The third-order valence-electron chi connectivity index (χ3n) is 7.58. The summed E-state index contributed by atoms with van der Waals surface area (Å²) in [5.74, 6) is 0.698. The summed E-state index contributed by atoms with van der Waals surface area (Å²) < 4.78 is 2.71. The first kappa shape index (κ1) is 19.7. The summed E-state index contributed by atoms with van der Waals surface area (Å²) in [7, 11) is 0. The molecule has 3 aliphatic rings. The summed E-state index contributed by atoms with van der Waals surface area (Å²) in [6.45, 7) is 9.72. The van der Waals surface area contributed by atoms with Crippen molar-refractivity contribution < 1.29 is 20.4 Å². The van der Waals surface area contributed by atoms with Gasteiger partial charge in [-0.25, -0.2) is 0 Å². The van der Waals surface area contributed by atoms with Crippen LogP contribution < -0.4 is 0 Å². The Labute approximate surface area is 183 Å². The van der Waals surface area contributed by atoms with Gasteiger partial charge in [0.25, 0.3) is 0 Å². The number of rotatable bonds is 3. The van der Waals surface area contributed by atoms with Gasteiger partial charge in [0.1, 0.15) is 0 Å². The Hall–Kier alpha value is -1.24. The van der Waals surface area contributed by atoms with Crippen LogP contribution in [-0.2, 0) is 20.4 Å². The average molecular weight is 474 g/mol. The van der Waals surface area contributed by atoms with E-state index in [1.165, 1.54) is 23.1 Å². The van der Waals surface area contributed by atoms with Crippen molar-refractivity contribution in [1.82, 2.24) is 0 Å². The van der Waals surface area contributed by atoms with Crippen molar-refractivity contribution in [3.63, 3.8) is 0 Å². The number of fused-ring (bicyclic) bond motifs is 1. The van der Waals surface area contributed by atoms with Gasteiger partial charge in [-0.1, -0.05) is 0 Å². The average Bonchev–Trinajstić information content (AvgIpc) is 3.18. The minimum atomic E-state index is -1.83. The van der Waals surface area contributed by atoms with E-state index in [0.717, 1.165) is 3.63 Å². The third-order valence-corrected chi connectivity index (χ3v) is 29.1. The Morgan fingerprint density at radius 2 is 1.55 bits per heavy atom. The van der Waals surface area contributed by atoms with Gasteiger partial charge in [-0.15, -0.1) is 0 Å².